The summed E-state index contributed by atoms with van der Waals surface area (Å²) in [5, 5.41) is 0.0121. The minimum Gasteiger partial charge on any atom is -0.485 e. The van der Waals surface area contributed by atoms with Gasteiger partial charge in [0.2, 0.25) is 0 Å². The van der Waals surface area contributed by atoms with Crippen LogP contribution in [0.4, 0.5) is 10.2 Å². The van der Waals surface area contributed by atoms with E-state index in [0.29, 0.717) is 18.5 Å². The quantitative estimate of drug-likeness (QED) is 0.791. The zero-order valence-electron chi connectivity index (χ0n) is 11.1. The van der Waals surface area contributed by atoms with E-state index in [-0.39, 0.29) is 16.8 Å². The molecule has 6 heteroatoms. The van der Waals surface area contributed by atoms with Gasteiger partial charge >= 0.3 is 0 Å². The first-order valence-electron chi connectivity index (χ1n) is 6.55. The van der Waals surface area contributed by atoms with Gasteiger partial charge < -0.3 is 9.64 Å². The summed E-state index contributed by atoms with van der Waals surface area (Å²) in [6.45, 7) is 7.57. The number of halogens is 2. The van der Waals surface area contributed by atoms with Gasteiger partial charge in [0.1, 0.15) is 6.61 Å². The molecule has 3 rings (SSSR count). The second-order valence-corrected chi connectivity index (χ2v) is 5.73. The van der Waals surface area contributed by atoms with Crippen LogP contribution in [-0.4, -0.2) is 48.2 Å². The fourth-order valence-electron chi connectivity index (χ4n) is 2.72. The average Bonchev–Trinajstić information content (AvgIpc) is 2.41. The molecule has 0 spiro atoms. The van der Waals surface area contributed by atoms with Gasteiger partial charge in [0.05, 0.1) is 17.3 Å². The highest BCUT2D eigenvalue weighted by Gasteiger charge is 2.36. The fraction of sp³-hybridized carbons (Fsp3) is 0.615. The Morgan fingerprint density at radius 1 is 1.47 bits per heavy atom. The minimum atomic E-state index is -0.503. The van der Waals surface area contributed by atoms with Crippen molar-refractivity contribution >= 4 is 17.4 Å². The van der Waals surface area contributed by atoms with Gasteiger partial charge in [-0.2, -0.15) is 0 Å². The van der Waals surface area contributed by atoms with E-state index in [1.807, 2.05) is 0 Å². The summed E-state index contributed by atoms with van der Waals surface area (Å²) in [4.78, 5) is 8.78. The van der Waals surface area contributed by atoms with Gasteiger partial charge in [-0.1, -0.05) is 11.6 Å². The average molecular weight is 286 g/mol. The Balaban J connectivity index is 1.89. The molecule has 1 atom stereocenters. The summed E-state index contributed by atoms with van der Waals surface area (Å²) < 4.78 is 19.5. The summed E-state index contributed by atoms with van der Waals surface area (Å²) >= 11 is 5.74. The van der Waals surface area contributed by atoms with Gasteiger partial charge in [-0.3, -0.25) is 4.90 Å². The van der Waals surface area contributed by atoms with Crippen LogP contribution in [-0.2, 0) is 0 Å². The fourth-order valence-corrected chi connectivity index (χ4v) is 2.86. The minimum absolute atomic E-state index is 0.0121. The molecule has 1 aromatic heterocycles. The predicted molar refractivity (Wildman–Crippen MR) is 72.5 cm³/mol. The Kier molecular flexibility index (Phi) is 3.27. The molecule has 1 fully saturated rings. The van der Waals surface area contributed by atoms with Crippen molar-refractivity contribution in [2.45, 2.75) is 25.9 Å². The van der Waals surface area contributed by atoms with Crippen LogP contribution in [0.2, 0.25) is 5.02 Å². The van der Waals surface area contributed by atoms with Crippen LogP contribution in [0.1, 0.15) is 13.8 Å². The van der Waals surface area contributed by atoms with E-state index in [2.05, 4.69) is 28.6 Å². The summed E-state index contributed by atoms with van der Waals surface area (Å²) in [6, 6.07) is 0.746. The van der Waals surface area contributed by atoms with Gasteiger partial charge in [-0.05, 0) is 13.8 Å². The summed E-state index contributed by atoms with van der Waals surface area (Å²) in [5.41, 5.74) is 0. The number of rotatable bonds is 1. The van der Waals surface area contributed by atoms with Crippen LogP contribution in [0.5, 0.6) is 5.75 Å². The SMILES string of the molecule is CC(C)N1CCN2c3ncc(Cl)c(F)c3OCC2C1. The number of nitrogens with zero attached hydrogens (tertiary/aromatic N) is 3. The molecule has 2 aliphatic rings. The standard InChI is InChI=1S/C13H17ClFN3O/c1-8(2)17-3-4-18-9(6-17)7-19-12-11(15)10(14)5-16-13(12)18/h5,8-9H,3-4,6-7H2,1-2H3. The maximum Gasteiger partial charge on any atom is 0.199 e. The van der Waals surface area contributed by atoms with Crippen LogP contribution < -0.4 is 9.64 Å². The molecule has 0 saturated carbocycles. The highest BCUT2D eigenvalue weighted by Crippen LogP contribution is 2.38. The molecule has 2 aliphatic heterocycles. The van der Waals surface area contributed by atoms with E-state index < -0.39 is 5.82 Å². The molecule has 0 radical (unpaired) electrons. The highest BCUT2D eigenvalue weighted by atomic mass is 35.5. The van der Waals surface area contributed by atoms with Crippen molar-refractivity contribution in [3.05, 3.63) is 17.0 Å². The number of fused-ring (bicyclic) bond motifs is 3. The van der Waals surface area contributed by atoms with Crippen LogP contribution in [0, 0.1) is 5.82 Å². The molecule has 0 aromatic carbocycles. The Bertz CT molecular complexity index is 497. The van der Waals surface area contributed by atoms with E-state index in [1.165, 1.54) is 6.20 Å². The van der Waals surface area contributed by atoms with Crippen molar-refractivity contribution in [3.63, 3.8) is 0 Å². The molecular formula is C13H17ClFN3O. The third-order valence-electron chi connectivity index (χ3n) is 3.85. The van der Waals surface area contributed by atoms with Crippen LogP contribution >= 0.6 is 11.6 Å². The lowest BCUT2D eigenvalue weighted by molar-refractivity contribution is 0.138. The number of ether oxygens (including phenoxy) is 1. The van der Waals surface area contributed by atoms with E-state index in [1.54, 1.807) is 0 Å². The Labute approximate surface area is 117 Å². The molecule has 19 heavy (non-hydrogen) atoms. The Morgan fingerprint density at radius 3 is 3.00 bits per heavy atom. The normalized spacial score (nSPS) is 23.0. The lowest BCUT2D eigenvalue weighted by Gasteiger charge is -2.46. The van der Waals surface area contributed by atoms with Crippen LogP contribution in [0.25, 0.3) is 0 Å². The molecule has 0 bridgehead atoms. The van der Waals surface area contributed by atoms with Crippen LogP contribution in [0.3, 0.4) is 0 Å². The van der Waals surface area contributed by atoms with Gasteiger partial charge in [0.25, 0.3) is 0 Å². The molecule has 1 aromatic rings. The topological polar surface area (TPSA) is 28.6 Å². The first-order chi connectivity index (χ1) is 9.08. The van der Waals surface area contributed by atoms with Crippen molar-refractivity contribution in [2.75, 3.05) is 31.1 Å². The Morgan fingerprint density at radius 2 is 2.26 bits per heavy atom. The van der Waals surface area contributed by atoms with Crippen molar-refractivity contribution in [3.8, 4) is 5.75 Å². The van der Waals surface area contributed by atoms with E-state index >= 15 is 0 Å². The second-order valence-electron chi connectivity index (χ2n) is 5.32. The summed E-state index contributed by atoms with van der Waals surface area (Å²) in [6.07, 6.45) is 1.36. The monoisotopic (exact) mass is 285 g/mol. The molecule has 3 heterocycles. The van der Waals surface area contributed by atoms with Crippen molar-refractivity contribution in [2.24, 2.45) is 0 Å². The third-order valence-corrected chi connectivity index (χ3v) is 4.11. The van der Waals surface area contributed by atoms with Crippen molar-refractivity contribution < 1.29 is 9.13 Å². The van der Waals surface area contributed by atoms with Gasteiger partial charge in [-0.15, -0.1) is 0 Å². The third kappa shape index (κ3) is 2.15. The van der Waals surface area contributed by atoms with Gasteiger partial charge in [-0.25, -0.2) is 9.37 Å². The summed E-state index contributed by atoms with van der Waals surface area (Å²) in [7, 11) is 0. The Hall–Kier alpha value is -1.07. The van der Waals surface area contributed by atoms with E-state index in [0.717, 1.165) is 19.6 Å². The molecule has 0 N–H and O–H groups in total. The number of aromatic nitrogens is 1. The van der Waals surface area contributed by atoms with Gasteiger partial charge in [0.15, 0.2) is 17.4 Å². The number of piperazine rings is 1. The van der Waals surface area contributed by atoms with Gasteiger partial charge in [0, 0.05) is 25.7 Å². The van der Waals surface area contributed by atoms with E-state index in [9.17, 15) is 4.39 Å². The first kappa shape index (κ1) is 12.9. The molecule has 1 saturated heterocycles. The molecule has 4 nitrogen and oxygen atoms in total. The maximum atomic E-state index is 13.9. The van der Waals surface area contributed by atoms with Crippen molar-refractivity contribution in [1.29, 1.82) is 0 Å². The number of pyridine rings is 1. The molecule has 0 aliphatic carbocycles. The lowest BCUT2D eigenvalue weighted by Crippen LogP contribution is -2.58. The zero-order chi connectivity index (χ0) is 13.6. The molecule has 104 valence electrons. The van der Waals surface area contributed by atoms with Crippen LogP contribution in [0.15, 0.2) is 6.20 Å². The lowest BCUT2D eigenvalue weighted by atomic mass is 10.1. The second kappa shape index (κ2) is 4.80. The van der Waals surface area contributed by atoms with E-state index in [4.69, 9.17) is 16.3 Å². The molecule has 0 amide bonds. The highest BCUT2D eigenvalue weighted by molar-refractivity contribution is 6.30. The summed E-state index contributed by atoms with van der Waals surface area (Å²) in [5.74, 6) is 0.278. The largest absolute Gasteiger partial charge is 0.485 e. The van der Waals surface area contributed by atoms with Crippen molar-refractivity contribution in [1.82, 2.24) is 9.88 Å². The zero-order valence-corrected chi connectivity index (χ0v) is 11.8. The number of anilines is 1. The first-order valence-corrected chi connectivity index (χ1v) is 6.93. The predicted octanol–water partition coefficient (Wildman–Crippen LogP) is 2.17. The molecular weight excluding hydrogens is 269 g/mol. The maximum absolute atomic E-state index is 13.9. The number of hydrogen-bond donors (Lipinski definition) is 0. The number of hydrogen-bond acceptors (Lipinski definition) is 4. The smallest absolute Gasteiger partial charge is 0.199 e. The molecule has 1 unspecified atom stereocenters.